The second kappa shape index (κ2) is 9.89. The van der Waals surface area contributed by atoms with Gasteiger partial charge >= 0.3 is 6.03 Å². The molecule has 1 saturated heterocycles. The third-order valence-electron chi connectivity index (χ3n) is 4.79. The Labute approximate surface area is 161 Å². The van der Waals surface area contributed by atoms with Crippen molar-refractivity contribution in [2.75, 3.05) is 43.4 Å². The van der Waals surface area contributed by atoms with E-state index < -0.39 is 10.0 Å². The maximum atomic E-state index is 13.0. The molecule has 1 aliphatic heterocycles. The summed E-state index contributed by atoms with van der Waals surface area (Å²) in [5, 5.41) is 5.43. The quantitative estimate of drug-likeness (QED) is 0.697. The lowest BCUT2D eigenvalue weighted by atomic mass is 10.2. The minimum absolute atomic E-state index is 0.0759. The molecular formula is C18H29FN4O3S. The lowest BCUT2D eigenvalue weighted by Crippen LogP contribution is -2.50. The van der Waals surface area contributed by atoms with Crippen molar-refractivity contribution in [3.8, 4) is 0 Å². The zero-order chi connectivity index (χ0) is 19.9. The molecule has 1 aromatic carbocycles. The van der Waals surface area contributed by atoms with Crippen LogP contribution in [0.15, 0.2) is 24.3 Å². The molecule has 27 heavy (non-hydrogen) atoms. The monoisotopic (exact) mass is 400 g/mol. The summed E-state index contributed by atoms with van der Waals surface area (Å²) >= 11 is 0. The van der Waals surface area contributed by atoms with Crippen LogP contribution >= 0.6 is 0 Å². The molecule has 0 atom stereocenters. The van der Waals surface area contributed by atoms with Crippen molar-refractivity contribution in [1.82, 2.24) is 14.9 Å². The second-order valence-corrected chi connectivity index (χ2v) is 8.68. The highest BCUT2D eigenvalue weighted by atomic mass is 32.2. The standard InChI is InChI=1S/C18H29FN4O3S/c1-3-16(4-2)21-18(24)20-9-14-27(25,26)23-12-10-22(11-13-23)17-7-5-15(19)6-8-17/h5-8,16H,3-4,9-14H2,1-2H3,(H2,20,21,24). The molecule has 0 aromatic heterocycles. The van der Waals surface area contributed by atoms with Crippen molar-refractivity contribution in [3.63, 3.8) is 0 Å². The Hall–Kier alpha value is -1.87. The van der Waals surface area contributed by atoms with Crippen LogP contribution in [0.4, 0.5) is 14.9 Å². The SMILES string of the molecule is CCC(CC)NC(=O)NCCS(=O)(=O)N1CCN(c2ccc(F)cc2)CC1. The van der Waals surface area contributed by atoms with Crippen molar-refractivity contribution in [1.29, 1.82) is 0 Å². The predicted molar refractivity (Wildman–Crippen MR) is 105 cm³/mol. The zero-order valence-corrected chi connectivity index (χ0v) is 16.8. The van der Waals surface area contributed by atoms with E-state index in [1.165, 1.54) is 16.4 Å². The number of halogens is 1. The van der Waals surface area contributed by atoms with Crippen LogP contribution in [0.25, 0.3) is 0 Å². The van der Waals surface area contributed by atoms with Crippen molar-refractivity contribution < 1.29 is 17.6 Å². The van der Waals surface area contributed by atoms with E-state index in [2.05, 4.69) is 10.6 Å². The number of nitrogens with one attached hydrogen (secondary N) is 2. The molecule has 1 fully saturated rings. The molecular weight excluding hydrogens is 371 g/mol. The fourth-order valence-electron chi connectivity index (χ4n) is 3.03. The zero-order valence-electron chi connectivity index (χ0n) is 15.9. The van der Waals surface area contributed by atoms with Crippen LogP contribution in [0.5, 0.6) is 0 Å². The molecule has 2 rings (SSSR count). The van der Waals surface area contributed by atoms with Crippen LogP contribution < -0.4 is 15.5 Å². The van der Waals surface area contributed by atoms with Gasteiger partial charge in [-0.15, -0.1) is 0 Å². The van der Waals surface area contributed by atoms with Gasteiger partial charge in [-0.2, -0.15) is 4.31 Å². The van der Waals surface area contributed by atoms with Crippen molar-refractivity contribution in [2.45, 2.75) is 32.7 Å². The highest BCUT2D eigenvalue weighted by Gasteiger charge is 2.26. The first-order valence-electron chi connectivity index (χ1n) is 9.38. The molecule has 0 saturated carbocycles. The number of rotatable bonds is 8. The third-order valence-corrected chi connectivity index (χ3v) is 6.66. The van der Waals surface area contributed by atoms with Gasteiger partial charge in [-0.25, -0.2) is 17.6 Å². The molecule has 1 aliphatic rings. The molecule has 0 bridgehead atoms. The first-order chi connectivity index (χ1) is 12.9. The minimum Gasteiger partial charge on any atom is -0.369 e. The van der Waals surface area contributed by atoms with Gasteiger partial charge in [0, 0.05) is 44.5 Å². The Morgan fingerprint density at radius 2 is 1.70 bits per heavy atom. The van der Waals surface area contributed by atoms with Gasteiger partial charge in [-0.05, 0) is 37.1 Å². The van der Waals surface area contributed by atoms with Crippen molar-refractivity contribution >= 4 is 21.7 Å². The summed E-state index contributed by atoms with van der Waals surface area (Å²) in [5.74, 6) is -0.416. The maximum absolute atomic E-state index is 13.0. The predicted octanol–water partition coefficient (Wildman–Crippen LogP) is 1.77. The van der Waals surface area contributed by atoms with E-state index in [9.17, 15) is 17.6 Å². The number of carbonyl (C=O) groups is 1. The number of benzene rings is 1. The smallest absolute Gasteiger partial charge is 0.315 e. The third kappa shape index (κ3) is 6.35. The summed E-state index contributed by atoms with van der Waals surface area (Å²) < 4.78 is 39.4. The van der Waals surface area contributed by atoms with Gasteiger partial charge in [0.1, 0.15) is 5.82 Å². The topological polar surface area (TPSA) is 81.8 Å². The molecule has 0 aliphatic carbocycles. The Bertz CT molecular complexity index is 700. The van der Waals surface area contributed by atoms with Crippen molar-refractivity contribution in [3.05, 3.63) is 30.1 Å². The Kier molecular flexibility index (Phi) is 7.85. The number of piperazine rings is 1. The number of sulfonamides is 1. The number of urea groups is 1. The summed E-state index contributed by atoms with van der Waals surface area (Å²) in [4.78, 5) is 13.8. The van der Waals surface area contributed by atoms with Crippen LogP contribution in [0.1, 0.15) is 26.7 Å². The number of anilines is 1. The van der Waals surface area contributed by atoms with Gasteiger partial charge in [0.05, 0.1) is 5.75 Å². The average molecular weight is 401 g/mol. The van der Waals surface area contributed by atoms with E-state index >= 15 is 0 Å². The van der Waals surface area contributed by atoms with Gasteiger partial charge in [0.15, 0.2) is 0 Å². The number of hydrogen-bond acceptors (Lipinski definition) is 4. The van der Waals surface area contributed by atoms with Gasteiger partial charge in [-0.3, -0.25) is 0 Å². The van der Waals surface area contributed by atoms with Gasteiger partial charge in [0.2, 0.25) is 10.0 Å². The number of carbonyl (C=O) groups excluding carboxylic acids is 1. The fraction of sp³-hybridized carbons (Fsp3) is 0.611. The lowest BCUT2D eigenvalue weighted by molar-refractivity contribution is 0.236. The summed E-state index contributed by atoms with van der Waals surface area (Å²) in [6, 6.07) is 5.96. The van der Waals surface area contributed by atoms with E-state index in [1.54, 1.807) is 12.1 Å². The largest absolute Gasteiger partial charge is 0.369 e. The van der Waals surface area contributed by atoms with E-state index in [0.717, 1.165) is 18.5 Å². The van der Waals surface area contributed by atoms with Gasteiger partial charge in [0.25, 0.3) is 0 Å². The van der Waals surface area contributed by atoms with Gasteiger partial charge < -0.3 is 15.5 Å². The van der Waals surface area contributed by atoms with Crippen molar-refractivity contribution in [2.24, 2.45) is 0 Å². The number of amides is 2. The molecule has 2 amide bonds. The Morgan fingerprint density at radius 1 is 1.11 bits per heavy atom. The lowest BCUT2D eigenvalue weighted by Gasteiger charge is -2.35. The van der Waals surface area contributed by atoms with E-state index in [0.29, 0.717) is 26.2 Å². The highest BCUT2D eigenvalue weighted by Crippen LogP contribution is 2.18. The molecule has 0 unspecified atom stereocenters. The second-order valence-electron chi connectivity index (χ2n) is 6.59. The first kappa shape index (κ1) is 21.4. The molecule has 152 valence electrons. The molecule has 1 heterocycles. The maximum Gasteiger partial charge on any atom is 0.315 e. The molecule has 0 spiro atoms. The number of nitrogens with zero attached hydrogens (tertiary/aromatic N) is 2. The number of hydrogen-bond donors (Lipinski definition) is 2. The van der Waals surface area contributed by atoms with Crippen LogP contribution in [-0.4, -0.2) is 63.3 Å². The Balaban J connectivity index is 1.77. The van der Waals surface area contributed by atoms with E-state index in [-0.39, 0.29) is 30.2 Å². The summed E-state index contributed by atoms with van der Waals surface area (Å²) in [6.45, 7) is 5.90. The van der Waals surface area contributed by atoms with Crippen LogP contribution in [0.3, 0.4) is 0 Å². The minimum atomic E-state index is -3.43. The summed E-state index contributed by atoms with van der Waals surface area (Å²) in [5.41, 5.74) is 0.883. The van der Waals surface area contributed by atoms with Gasteiger partial charge in [-0.1, -0.05) is 13.8 Å². The van der Waals surface area contributed by atoms with E-state index in [4.69, 9.17) is 0 Å². The normalized spacial score (nSPS) is 15.8. The molecule has 2 N–H and O–H groups in total. The van der Waals surface area contributed by atoms with Crippen LogP contribution in [0.2, 0.25) is 0 Å². The molecule has 7 nitrogen and oxygen atoms in total. The summed E-state index contributed by atoms with van der Waals surface area (Å²) in [7, 11) is -3.43. The average Bonchev–Trinajstić information content (AvgIpc) is 2.66. The first-order valence-corrected chi connectivity index (χ1v) is 11.0. The fourth-order valence-corrected chi connectivity index (χ4v) is 4.37. The summed E-state index contributed by atoms with van der Waals surface area (Å²) in [6.07, 6.45) is 1.67. The van der Waals surface area contributed by atoms with E-state index in [1.807, 2.05) is 18.7 Å². The molecule has 0 radical (unpaired) electrons. The highest BCUT2D eigenvalue weighted by molar-refractivity contribution is 7.89. The molecule has 9 heteroatoms. The Morgan fingerprint density at radius 3 is 2.26 bits per heavy atom. The van der Waals surface area contributed by atoms with Crippen LogP contribution in [0, 0.1) is 5.82 Å². The molecule has 1 aromatic rings. The van der Waals surface area contributed by atoms with Crippen LogP contribution in [-0.2, 0) is 10.0 Å².